The molecular formula is C25H23Cl2N3O2. The molecule has 0 saturated heterocycles. The van der Waals surface area contributed by atoms with Crippen molar-refractivity contribution in [2.75, 3.05) is 11.1 Å². The minimum absolute atomic E-state index is 0. The van der Waals surface area contributed by atoms with Crippen LogP contribution in [0.1, 0.15) is 28.5 Å². The average molecular weight is 468 g/mol. The number of halogens is 2. The fourth-order valence-corrected chi connectivity index (χ4v) is 3.66. The summed E-state index contributed by atoms with van der Waals surface area (Å²) < 4.78 is 6.10. The van der Waals surface area contributed by atoms with E-state index in [-0.39, 0.29) is 18.3 Å². The lowest BCUT2D eigenvalue weighted by molar-refractivity contribution is 0.102. The Kier molecular flexibility index (Phi) is 7.23. The molecule has 32 heavy (non-hydrogen) atoms. The van der Waals surface area contributed by atoms with E-state index in [9.17, 15) is 4.79 Å². The lowest BCUT2D eigenvalue weighted by atomic mass is 10.1. The minimum Gasteiger partial charge on any atom is -0.456 e. The number of para-hydroxylation sites is 1. The second kappa shape index (κ2) is 9.90. The van der Waals surface area contributed by atoms with Gasteiger partial charge in [0.15, 0.2) is 0 Å². The van der Waals surface area contributed by atoms with Gasteiger partial charge in [-0.25, -0.2) is 0 Å². The number of nitrogens with two attached hydrogens (primary N) is 1. The molecule has 0 radical (unpaired) electrons. The van der Waals surface area contributed by atoms with Gasteiger partial charge in [-0.2, -0.15) is 0 Å². The van der Waals surface area contributed by atoms with Crippen molar-refractivity contribution in [3.8, 4) is 11.5 Å². The van der Waals surface area contributed by atoms with Gasteiger partial charge in [-0.3, -0.25) is 9.78 Å². The molecule has 0 bridgehead atoms. The maximum atomic E-state index is 13.2. The Hall–Kier alpha value is -3.28. The first-order valence-electron chi connectivity index (χ1n) is 9.98. The highest BCUT2D eigenvalue weighted by Gasteiger charge is 2.17. The van der Waals surface area contributed by atoms with Crippen molar-refractivity contribution in [3.63, 3.8) is 0 Å². The molecule has 1 amide bonds. The van der Waals surface area contributed by atoms with Crippen molar-refractivity contribution in [1.82, 2.24) is 4.98 Å². The number of benzene rings is 3. The van der Waals surface area contributed by atoms with E-state index in [1.165, 1.54) is 0 Å². The summed E-state index contributed by atoms with van der Waals surface area (Å²) in [5.41, 5.74) is 10.4. The third-order valence-electron chi connectivity index (χ3n) is 4.96. The normalized spacial score (nSPS) is 10.5. The van der Waals surface area contributed by atoms with Crippen molar-refractivity contribution in [1.29, 1.82) is 0 Å². The highest BCUT2D eigenvalue weighted by molar-refractivity contribution is 6.30. The molecule has 7 heteroatoms. The van der Waals surface area contributed by atoms with Gasteiger partial charge in [0.05, 0.1) is 11.1 Å². The van der Waals surface area contributed by atoms with Crippen LogP contribution in [0.3, 0.4) is 0 Å². The average Bonchev–Trinajstić information content (AvgIpc) is 2.74. The van der Waals surface area contributed by atoms with Crippen LogP contribution in [0.4, 0.5) is 11.4 Å². The van der Waals surface area contributed by atoms with Crippen LogP contribution in [-0.2, 0) is 6.42 Å². The number of pyridine rings is 1. The van der Waals surface area contributed by atoms with E-state index in [4.69, 9.17) is 22.1 Å². The number of fused-ring (bicyclic) bond motifs is 1. The molecule has 0 aliphatic carbocycles. The Morgan fingerprint density at radius 2 is 1.88 bits per heavy atom. The quantitative estimate of drug-likeness (QED) is 0.337. The zero-order valence-electron chi connectivity index (χ0n) is 17.7. The molecule has 164 valence electrons. The number of ether oxygens (including phenoxy) is 1. The number of carbonyl (C=O) groups is 1. The fourth-order valence-electron chi connectivity index (χ4n) is 3.48. The highest BCUT2D eigenvalue weighted by atomic mass is 35.5. The number of aromatic nitrogens is 1. The third-order valence-corrected chi connectivity index (χ3v) is 5.20. The predicted molar refractivity (Wildman–Crippen MR) is 133 cm³/mol. The van der Waals surface area contributed by atoms with Gasteiger partial charge in [0, 0.05) is 27.5 Å². The predicted octanol–water partition coefficient (Wildman–Crippen LogP) is 6.81. The summed E-state index contributed by atoms with van der Waals surface area (Å²) in [6.45, 7) is 3.91. The summed E-state index contributed by atoms with van der Waals surface area (Å²) >= 11 is 6.09. The van der Waals surface area contributed by atoms with Crippen molar-refractivity contribution in [3.05, 3.63) is 88.6 Å². The summed E-state index contributed by atoms with van der Waals surface area (Å²) in [5.74, 6) is 0.815. The Morgan fingerprint density at radius 1 is 1.09 bits per heavy atom. The van der Waals surface area contributed by atoms with Gasteiger partial charge in [0.25, 0.3) is 5.91 Å². The van der Waals surface area contributed by atoms with Crippen LogP contribution in [-0.4, -0.2) is 10.9 Å². The van der Waals surface area contributed by atoms with Gasteiger partial charge in [-0.15, -0.1) is 12.4 Å². The number of amides is 1. The SMILES string of the molecule is CCc1cccc(C(=O)Nc2ccc3nc(C)cc(N)c3c2)c1Oc1cccc(Cl)c1.Cl. The number of anilines is 2. The number of nitrogens with zero attached hydrogens (tertiary/aromatic N) is 1. The van der Waals surface area contributed by atoms with Gasteiger partial charge >= 0.3 is 0 Å². The Bertz CT molecular complexity index is 1290. The van der Waals surface area contributed by atoms with Crippen molar-refractivity contribution >= 4 is 52.2 Å². The van der Waals surface area contributed by atoms with Crippen LogP contribution < -0.4 is 15.8 Å². The molecule has 0 aliphatic rings. The van der Waals surface area contributed by atoms with Crippen LogP contribution in [0.2, 0.25) is 5.02 Å². The molecule has 0 atom stereocenters. The van der Waals surface area contributed by atoms with Crippen molar-refractivity contribution in [2.45, 2.75) is 20.3 Å². The molecule has 0 saturated carbocycles. The standard InChI is InChI=1S/C25H22ClN3O2.ClH/c1-3-16-6-4-9-20(24(16)31-19-8-5-7-17(26)13-19)25(30)29-18-10-11-23-21(14-18)22(27)12-15(2)28-23;/h4-14H,3H2,1-2H3,(H2,27,28)(H,29,30);1H. The molecule has 5 nitrogen and oxygen atoms in total. The van der Waals surface area contributed by atoms with E-state index in [0.717, 1.165) is 22.2 Å². The Balaban J connectivity index is 0.00000289. The van der Waals surface area contributed by atoms with Crippen molar-refractivity contribution in [2.24, 2.45) is 0 Å². The van der Waals surface area contributed by atoms with Crippen molar-refractivity contribution < 1.29 is 9.53 Å². The van der Waals surface area contributed by atoms with Gasteiger partial charge in [-0.05, 0) is 67.4 Å². The molecule has 1 aromatic heterocycles. The summed E-state index contributed by atoms with van der Waals surface area (Å²) in [6, 6.07) is 20.0. The maximum absolute atomic E-state index is 13.2. The van der Waals surface area contributed by atoms with E-state index in [1.807, 2.05) is 50.2 Å². The molecule has 0 fully saturated rings. The maximum Gasteiger partial charge on any atom is 0.259 e. The zero-order chi connectivity index (χ0) is 22.0. The molecule has 1 heterocycles. The van der Waals surface area contributed by atoms with Gasteiger partial charge < -0.3 is 15.8 Å². The third kappa shape index (κ3) is 4.96. The largest absolute Gasteiger partial charge is 0.456 e. The van der Waals surface area contributed by atoms with Crippen LogP contribution in [0.25, 0.3) is 10.9 Å². The Labute approximate surface area is 198 Å². The van der Waals surface area contributed by atoms with Crippen LogP contribution in [0, 0.1) is 6.92 Å². The summed E-state index contributed by atoms with van der Waals surface area (Å²) in [7, 11) is 0. The van der Waals surface area contributed by atoms with Crippen LogP contribution in [0.5, 0.6) is 11.5 Å². The fraction of sp³-hybridized carbons (Fsp3) is 0.120. The minimum atomic E-state index is -0.273. The number of hydrogen-bond donors (Lipinski definition) is 2. The number of aryl methyl sites for hydroxylation is 2. The van der Waals surface area contributed by atoms with E-state index >= 15 is 0 Å². The summed E-state index contributed by atoms with van der Waals surface area (Å²) in [4.78, 5) is 17.7. The van der Waals surface area contributed by atoms with E-state index < -0.39 is 0 Å². The van der Waals surface area contributed by atoms with Gasteiger partial charge in [-0.1, -0.05) is 36.7 Å². The second-order valence-corrected chi connectivity index (χ2v) is 7.68. The van der Waals surface area contributed by atoms with E-state index in [2.05, 4.69) is 10.3 Å². The second-order valence-electron chi connectivity index (χ2n) is 7.25. The summed E-state index contributed by atoms with van der Waals surface area (Å²) in [5, 5.41) is 4.31. The lowest BCUT2D eigenvalue weighted by Gasteiger charge is -2.15. The molecule has 3 aromatic carbocycles. The van der Waals surface area contributed by atoms with Crippen LogP contribution in [0.15, 0.2) is 66.7 Å². The molecule has 4 aromatic rings. The molecular weight excluding hydrogens is 445 g/mol. The van der Waals surface area contributed by atoms with Gasteiger partial charge in [0.1, 0.15) is 11.5 Å². The number of carbonyl (C=O) groups excluding carboxylic acids is 1. The molecule has 3 N–H and O–H groups in total. The van der Waals surface area contributed by atoms with E-state index in [1.54, 1.807) is 30.3 Å². The van der Waals surface area contributed by atoms with Gasteiger partial charge in [0.2, 0.25) is 0 Å². The topological polar surface area (TPSA) is 77.2 Å². The molecule has 4 rings (SSSR count). The zero-order valence-corrected chi connectivity index (χ0v) is 19.3. The first-order valence-corrected chi connectivity index (χ1v) is 10.4. The number of nitrogens with one attached hydrogen (secondary N) is 1. The van der Waals surface area contributed by atoms with Crippen LogP contribution >= 0.6 is 24.0 Å². The molecule has 0 aliphatic heterocycles. The monoisotopic (exact) mass is 467 g/mol. The number of hydrogen-bond acceptors (Lipinski definition) is 4. The lowest BCUT2D eigenvalue weighted by Crippen LogP contribution is -2.14. The first-order chi connectivity index (χ1) is 14.9. The highest BCUT2D eigenvalue weighted by Crippen LogP contribution is 2.32. The first kappa shape index (κ1) is 23.4. The smallest absolute Gasteiger partial charge is 0.259 e. The molecule has 0 spiro atoms. The molecule has 0 unspecified atom stereocenters. The summed E-state index contributed by atoms with van der Waals surface area (Å²) in [6.07, 6.45) is 0.717. The Morgan fingerprint density at radius 3 is 2.62 bits per heavy atom. The van der Waals surface area contributed by atoms with E-state index in [0.29, 0.717) is 39.9 Å². The number of rotatable bonds is 5. The number of nitrogen functional groups attached to an aromatic ring is 1.